The first-order chi connectivity index (χ1) is 11.6. The maximum atomic E-state index is 12.0. The van der Waals surface area contributed by atoms with E-state index >= 15 is 0 Å². The van der Waals surface area contributed by atoms with Gasteiger partial charge in [-0.15, -0.1) is 0 Å². The van der Waals surface area contributed by atoms with Crippen molar-refractivity contribution < 1.29 is 14.3 Å². The number of hydrogen-bond donors (Lipinski definition) is 2. The van der Waals surface area contributed by atoms with Gasteiger partial charge >= 0.3 is 0 Å². The lowest BCUT2D eigenvalue weighted by Crippen LogP contribution is -2.36. The molecule has 0 fully saturated rings. The molecule has 5 nitrogen and oxygen atoms in total. The number of aryl methyl sites for hydroxylation is 1. The zero-order chi connectivity index (χ0) is 17.4. The zero-order valence-corrected chi connectivity index (χ0v) is 14.0. The molecule has 0 aromatic heterocycles. The van der Waals surface area contributed by atoms with Gasteiger partial charge in [0.05, 0.1) is 13.2 Å². The molecule has 24 heavy (non-hydrogen) atoms. The molecule has 0 aliphatic heterocycles. The molecule has 0 aliphatic rings. The van der Waals surface area contributed by atoms with Crippen LogP contribution in [0.1, 0.15) is 27.0 Å². The van der Waals surface area contributed by atoms with Crippen LogP contribution in [0.3, 0.4) is 0 Å². The normalized spacial score (nSPS) is 10.2. The number of hydrogen-bond acceptors (Lipinski definition) is 3. The van der Waals surface area contributed by atoms with E-state index in [0.29, 0.717) is 18.7 Å². The molecule has 2 amide bonds. The molecule has 0 atom stereocenters. The van der Waals surface area contributed by atoms with Crippen LogP contribution in [-0.2, 0) is 22.7 Å². The SMILES string of the molecule is COCc1ccc(CNC(=O)CNC(=O)c2ccccc2C)cc1. The number of benzene rings is 2. The smallest absolute Gasteiger partial charge is 0.251 e. The topological polar surface area (TPSA) is 67.4 Å². The fraction of sp³-hybridized carbons (Fsp3) is 0.263. The Kier molecular flexibility index (Phi) is 6.51. The first-order valence-corrected chi connectivity index (χ1v) is 7.77. The molecular weight excluding hydrogens is 304 g/mol. The van der Waals surface area contributed by atoms with Gasteiger partial charge in [-0.1, -0.05) is 42.5 Å². The van der Waals surface area contributed by atoms with E-state index < -0.39 is 0 Å². The first kappa shape index (κ1) is 17.7. The molecule has 5 heteroatoms. The van der Waals surface area contributed by atoms with Gasteiger partial charge in [0.2, 0.25) is 5.91 Å². The van der Waals surface area contributed by atoms with E-state index in [0.717, 1.165) is 16.7 Å². The minimum Gasteiger partial charge on any atom is -0.380 e. The van der Waals surface area contributed by atoms with E-state index in [4.69, 9.17) is 4.74 Å². The van der Waals surface area contributed by atoms with Crippen LogP contribution in [0.15, 0.2) is 48.5 Å². The van der Waals surface area contributed by atoms with Crippen molar-refractivity contribution in [3.63, 3.8) is 0 Å². The number of amides is 2. The molecule has 2 N–H and O–H groups in total. The monoisotopic (exact) mass is 326 g/mol. The Morgan fingerprint density at radius 2 is 1.62 bits per heavy atom. The van der Waals surface area contributed by atoms with Crippen molar-refractivity contribution in [3.8, 4) is 0 Å². The van der Waals surface area contributed by atoms with Crippen molar-refractivity contribution in [2.75, 3.05) is 13.7 Å². The van der Waals surface area contributed by atoms with Gasteiger partial charge in [-0.25, -0.2) is 0 Å². The van der Waals surface area contributed by atoms with Gasteiger partial charge in [-0.2, -0.15) is 0 Å². The highest BCUT2D eigenvalue weighted by Crippen LogP contribution is 2.06. The van der Waals surface area contributed by atoms with Crippen LogP contribution in [0.4, 0.5) is 0 Å². The average molecular weight is 326 g/mol. The maximum absolute atomic E-state index is 12.0. The molecule has 0 heterocycles. The lowest BCUT2D eigenvalue weighted by Gasteiger charge is -2.09. The lowest BCUT2D eigenvalue weighted by molar-refractivity contribution is -0.120. The highest BCUT2D eigenvalue weighted by Gasteiger charge is 2.09. The summed E-state index contributed by atoms with van der Waals surface area (Å²) in [6, 6.07) is 15.1. The molecule has 0 spiro atoms. The Morgan fingerprint density at radius 1 is 0.958 bits per heavy atom. The van der Waals surface area contributed by atoms with Crippen LogP contribution in [0.5, 0.6) is 0 Å². The third-order valence-electron chi connectivity index (χ3n) is 3.62. The summed E-state index contributed by atoms with van der Waals surface area (Å²) in [5, 5.41) is 5.42. The largest absolute Gasteiger partial charge is 0.380 e. The number of rotatable bonds is 7. The van der Waals surface area contributed by atoms with Gasteiger partial charge < -0.3 is 15.4 Å². The molecule has 126 valence electrons. The van der Waals surface area contributed by atoms with E-state index in [1.54, 1.807) is 19.2 Å². The van der Waals surface area contributed by atoms with Gasteiger partial charge in [0.25, 0.3) is 5.91 Å². The second-order valence-electron chi connectivity index (χ2n) is 5.52. The molecule has 0 saturated heterocycles. The summed E-state index contributed by atoms with van der Waals surface area (Å²) in [5.41, 5.74) is 3.54. The van der Waals surface area contributed by atoms with E-state index in [-0.39, 0.29) is 18.4 Å². The summed E-state index contributed by atoms with van der Waals surface area (Å²) in [7, 11) is 1.65. The summed E-state index contributed by atoms with van der Waals surface area (Å²) < 4.78 is 5.06. The minimum absolute atomic E-state index is 0.0467. The number of ether oxygens (including phenoxy) is 1. The van der Waals surface area contributed by atoms with Gasteiger partial charge in [-0.3, -0.25) is 9.59 Å². The van der Waals surface area contributed by atoms with Crippen LogP contribution in [0, 0.1) is 6.92 Å². The Hall–Kier alpha value is -2.66. The van der Waals surface area contributed by atoms with Crippen LogP contribution in [0.25, 0.3) is 0 Å². The zero-order valence-electron chi connectivity index (χ0n) is 14.0. The molecule has 0 saturated carbocycles. The van der Waals surface area contributed by atoms with Crippen LogP contribution in [-0.4, -0.2) is 25.5 Å². The molecule has 0 aliphatic carbocycles. The van der Waals surface area contributed by atoms with Crippen LogP contribution < -0.4 is 10.6 Å². The van der Waals surface area contributed by atoms with Crippen molar-refractivity contribution in [1.29, 1.82) is 0 Å². The van der Waals surface area contributed by atoms with Gasteiger partial charge in [-0.05, 0) is 29.7 Å². The number of carbonyl (C=O) groups is 2. The first-order valence-electron chi connectivity index (χ1n) is 7.77. The average Bonchev–Trinajstić information content (AvgIpc) is 2.60. The molecule has 2 aromatic carbocycles. The van der Waals surface area contributed by atoms with E-state index in [1.807, 2.05) is 43.3 Å². The van der Waals surface area contributed by atoms with Crippen molar-refractivity contribution in [1.82, 2.24) is 10.6 Å². The third kappa shape index (κ3) is 5.21. The predicted molar refractivity (Wildman–Crippen MR) is 92.5 cm³/mol. The second kappa shape index (κ2) is 8.84. The third-order valence-corrected chi connectivity index (χ3v) is 3.62. The number of nitrogens with one attached hydrogen (secondary N) is 2. The number of methoxy groups -OCH3 is 1. The summed E-state index contributed by atoms with van der Waals surface area (Å²) in [6.07, 6.45) is 0. The molecule has 0 bridgehead atoms. The predicted octanol–water partition coefficient (Wildman–Crippen LogP) is 2.19. The van der Waals surface area contributed by atoms with Crippen molar-refractivity contribution in [2.45, 2.75) is 20.1 Å². The molecule has 2 rings (SSSR count). The highest BCUT2D eigenvalue weighted by molar-refractivity contribution is 5.97. The fourth-order valence-electron chi connectivity index (χ4n) is 2.27. The minimum atomic E-state index is -0.243. The van der Waals surface area contributed by atoms with Gasteiger partial charge in [0, 0.05) is 19.2 Å². The van der Waals surface area contributed by atoms with Gasteiger partial charge in [0.1, 0.15) is 0 Å². The Balaban J connectivity index is 1.77. The number of carbonyl (C=O) groups excluding carboxylic acids is 2. The van der Waals surface area contributed by atoms with Crippen LogP contribution in [0.2, 0.25) is 0 Å². The van der Waals surface area contributed by atoms with E-state index in [2.05, 4.69) is 10.6 Å². The Labute approximate surface area is 142 Å². The van der Waals surface area contributed by atoms with Crippen molar-refractivity contribution in [3.05, 3.63) is 70.8 Å². The summed E-state index contributed by atoms with van der Waals surface area (Å²) >= 11 is 0. The lowest BCUT2D eigenvalue weighted by atomic mass is 10.1. The van der Waals surface area contributed by atoms with Gasteiger partial charge in [0.15, 0.2) is 0 Å². The van der Waals surface area contributed by atoms with Crippen LogP contribution >= 0.6 is 0 Å². The quantitative estimate of drug-likeness (QED) is 0.819. The second-order valence-corrected chi connectivity index (χ2v) is 5.52. The highest BCUT2D eigenvalue weighted by atomic mass is 16.5. The molecule has 2 aromatic rings. The molecule has 0 unspecified atom stereocenters. The standard InChI is InChI=1S/C19H22N2O3/c1-14-5-3-4-6-17(14)19(23)21-12-18(22)20-11-15-7-9-16(10-8-15)13-24-2/h3-10H,11-13H2,1-2H3,(H,20,22)(H,21,23). The summed E-state index contributed by atoms with van der Waals surface area (Å²) in [6.45, 7) is 2.81. The van der Waals surface area contributed by atoms with E-state index in [1.165, 1.54) is 0 Å². The van der Waals surface area contributed by atoms with E-state index in [9.17, 15) is 9.59 Å². The maximum Gasteiger partial charge on any atom is 0.251 e. The summed E-state index contributed by atoms with van der Waals surface area (Å²) in [5.74, 6) is -0.468. The fourth-order valence-corrected chi connectivity index (χ4v) is 2.27. The molecule has 0 radical (unpaired) electrons. The van der Waals surface area contributed by atoms with Crippen molar-refractivity contribution >= 4 is 11.8 Å². The summed E-state index contributed by atoms with van der Waals surface area (Å²) in [4.78, 5) is 23.9. The Bertz CT molecular complexity index is 696. The molecular formula is C19H22N2O3. The Morgan fingerprint density at radius 3 is 2.29 bits per heavy atom. The van der Waals surface area contributed by atoms with Crippen molar-refractivity contribution in [2.24, 2.45) is 0 Å².